The number of hydrogen-bond donors (Lipinski definition) is 3. The molecule has 0 spiro atoms. The van der Waals surface area contributed by atoms with E-state index >= 15 is 0 Å². The molecular formula is C14H27N7. The largest absolute Gasteiger partial charge is 0.353 e. The van der Waals surface area contributed by atoms with Crippen LogP contribution >= 0.6 is 0 Å². The lowest BCUT2D eigenvalue weighted by molar-refractivity contribution is 0.484. The number of hydrazine groups is 1. The smallest absolute Gasteiger partial charge is 0.243 e. The van der Waals surface area contributed by atoms with Crippen molar-refractivity contribution >= 4 is 17.8 Å². The number of nitrogens with one attached hydrogen (secondary N) is 2. The maximum atomic E-state index is 5.46. The van der Waals surface area contributed by atoms with Gasteiger partial charge in [-0.25, -0.2) is 5.84 Å². The SMILES string of the molecule is CCCC1(CNc2nc(NN)nc(N(CC)CC)n2)CC1. The van der Waals surface area contributed by atoms with Crippen LogP contribution < -0.4 is 21.5 Å². The van der Waals surface area contributed by atoms with Crippen LogP contribution in [0.15, 0.2) is 0 Å². The molecule has 0 radical (unpaired) electrons. The van der Waals surface area contributed by atoms with Crippen molar-refractivity contribution in [2.75, 3.05) is 35.3 Å². The zero-order valence-electron chi connectivity index (χ0n) is 13.3. The van der Waals surface area contributed by atoms with Crippen LogP contribution in [0.1, 0.15) is 46.5 Å². The molecule has 118 valence electrons. The first-order valence-electron chi connectivity index (χ1n) is 7.88. The van der Waals surface area contributed by atoms with E-state index in [0.717, 1.165) is 19.6 Å². The lowest BCUT2D eigenvalue weighted by Crippen LogP contribution is -2.26. The third-order valence-corrected chi connectivity index (χ3v) is 4.16. The van der Waals surface area contributed by atoms with E-state index in [1.807, 2.05) is 0 Å². The molecule has 7 heteroatoms. The minimum absolute atomic E-state index is 0.398. The van der Waals surface area contributed by atoms with Crippen LogP contribution in [-0.4, -0.2) is 34.6 Å². The Hall–Kier alpha value is -1.63. The van der Waals surface area contributed by atoms with Crippen molar-refractivity contribution in [2.24, 2.45) is 11.3 Å². The average Bonchev–Trinajstić information content (AvgIpc) is 3.27. The molecule has 0 aromatic carbocycles. The Balaban J connectivity index is 2.09. The molecule has 7 nitrogen and oxygen atoms in total. The molecule has 4 N–H and O–H groups in total. The Bertz CT molecular complexity index is 455. The summed E-state index contributed by atoms with van der Waals surface area (Å²) in [7, 11) is 0. The molecule has 0 unspecified atom stereocenters. The lowest BCUT2D eigenvalue weighted by atomic mass is 10.0. The normalized spacial score (nSPS) is 15.6. The van der Waals surface area contributed by atoms with E-state index in [4.69, 9.17) is 5.84 Å². The maximum absolute atomic E-state index is 5.46. The number of aromatic nitrogens is 3. The van der Waals surface area contributed by atoms with Gasteiger partial charge in [0.05, 0.1) is 0 Å². The predicted octanol–water partition coefficient (Wildman–Crippen LogP) is 2.00. The fourth-order valence-electron chi connectivity index (χ4n) is 2.65. The molecule has 0 amide bonds. The topological polar surface area (TPSA) is 92.0 Å². The van der Waals surface area contributed by atoms with Crippen LogP contribution in [0, 0.1) is 5.41 Å². The van der Waals surface area contributed by atoms with Crippen LogP contribution in [0.25, 0.3) is 0 Å². The van der Waals surface area contributed by atoms with E-state index in [-0.39, 0.29) is 0 Å². The minimum Gasteiger partial charge on any atom is -0.353 e. The zero-order chi connectivity index (χ0) is 15.3. The second kappa shape index (κ2) is 6.89. The zero-order valence-corrected chi connectivity index (χ0v) is 13.3. The van der Waals surface area contributed by atoms with Gasteiger partial charge in [-0.2, -0.15) is 15.0 Å². The number of rotatable bonds is 9. The quantitative estimate of drug-likeness (QED) is 0.473. The van der Waals surface area contributed by atoms with Crippen molar-refractivity contribution in [1.82, 2.24) is 15.0 Å². The van der Waals surface area contributed by atoms with Crippen LogP contribution in [0.5, 0.6) is 0 Å². The summed E-state index contributed by atoms with van der Waals surface area (Å²) < 4.78 is 0. The fourth-order valence-corrected chi connectivity index (χ4v) is 2.65. The lowest BCUT2D eigenvalue weighted by Gasteiger charge is -2.20. The van der Waals surface area contributed by atoms with Gasteiger partial charge in [-0.1, -0.05) is 13.3 Å². The van der Waals surface area contributed by atoms with E-state index in [1.165, 1.54) is 25.7 Å². The van der Waals surface area contributed by atoms with E-state index in [1.54, 1.807) is 0 Å². The number of hydrogen-bond acceptors (Lipinski definition) is 7. The second-order valence-corrected chi connectivity index (χ2v) is 5.70. The molecule has 1 fully saturated rings. The highest BCUT2D eigenvalue weighted by atomic mass is 15.4. The number of nitrogen functional groups attached to an aromatic ring is 1. The highest BCUT2D eigenvalue weighted by Crippen LogP contribution is 2.49. The van der Waals surface area contributed by atoms with E-state index in [2.05, 4.69) is 51.4 Å². The molecule has 1 saturated carbocycles. The first-order valence-corrected chi connectivity index (χ1v) is 7.88. The van der Waals surface area contributed by atoms with Gasteiger partial charge in [0.15, 0.2) is 0 Å². The van der Waals surface area contributed by atoms with Gasteiger partial charge in [-0.3, -0.25) is 5.43 Å². The summed E-state index contributed by atoms with van der Waals surface area (Å²) >= 11 is 0. The van der Waals surface area contributed by atoms with Crippen LogP contribution in [0.2, 0.25) is 0 Å². The molecule has 0 aliphatic heterocycles. The van der Waals surface area contributed by atoms with Gasteiger partial charge >= 0.3 is 0 Å². The van der Waals surface area contributed by atoms with Gasteiger partial charge in [-0.15, -0.1) is 0 Å². The van der Waals surface area contributed by atoms with Gasteiger partial charge < -0.3 is 10.2 Å². The first-order chi connectivity index (χ1) is 10.2. The summed E-state index contributed by atoms with van der Waals surface area (Å²) in [5.41, 5.74) is 2.97. The maximum Gasteiger partial charge on any atom is 0.243 e. The monoisotopic (exact) mass is 293 g/mol. The summed E-state index contributed by atoms with van der Waals surface area (Å²) in [4.78, 5) is 15.2. The third kappa shape index (κ3) is 3.93. The summed E-state index contributed by atoms with van der Waals surface area (Å²) in [5, 5.41) is 3.37. The van der Waals surface area contributed by atoms with Gasteiger partial charge in [0.1, 0.15) is 0 Å². The standard InChI is InChI=1S/C14H27N7/c1-4-7-14(8-9-14)10-16-11-17-12(20-15)19-13(18-11)21(5-2)6-3/h4-10,15H2,1-3H3,(H2,16,17,18,19,20). The van der Waals surface area contributed by atoms with Gasteiger partial charge in [0.2, 0.25) is 17.8 Å². The number of anilines is 3. The molecule has 2 rings (SSSR count). The molecule has 1 aliphatic carbocycles. The van der Waals surface area contributed by atoms with Crippen molar-refractivity contribution in [2.45, 2.75) is 46.5 Å². The molecule has 0 bridgehead atoms. The number of nitrogens with two attached hydrogens (primary N) is 1. The van der Waals surface area contributed by atoms with Crippen molar-refractivity contribution < 1.29 is 0 Å². The molecular weight excluding hydrogens is 266 g/mol. The van der Waals surface area contributed by atoms with Crippen molar-refractivity contribution in [3.63, 3.8) is 0 Å². The third-order valence-electron chi connectivity index (χ3n) is 4.16. The Morgan fingerprint density at radius 1 is 1.10 bits per heavy atom. The van der Waals surface area contributed by atoms with Crippen LogP contribution in [0.4, 0.5) is 17.8 Å². The summed E-state index contributed by atoms with van der Waals surface area (Å²) in [6, 6.07) is 0. The molecule has 0 atom stereocenters. The van der Waals surface area contributed by atoms with Gasteiger partial charge in [0.25, 0.3) is 0 Å². The molecule has 1 aromatic heterocycles. The Labute approximate surface area is 126 Å². The Morgan fingerprint density at radius 3 is 2.29 bits per heavy atom. The van der Waals surface area contributed by atoms with Crippen LogP contribution in [-0.2, 0) is 0 Å². The Kier molecular flexibility index (Phi) is 5.17. The average molecular weight is 293 g/mol. The van der Waals surface area contributed by atoms with Gasteiger partial charge in [0, 0.05) is 19.6 Å². The molecule has 0 saturated heterocycles. The highest BCUT2D eigenvalue weighted by molar-refractivity contribution is 5.43. The van der Waals surface area contributed by atoms with E-state index in [9.17, 15) is 0 Å². The molecule has 1 aliphatic rings. The fraction of sp³-hybridized carbons (Fsp3) is 0.786. The number of nitrogens with zero attached hydrogens (tertiary/aromatic N) is 4. The predicted molar refractivity (Wildman–Crippen MR) is 86.3 cm³/mol. The highest BCUT2D eigenvalue weighted by Gasteiger charge is 2.41. The van der Waals surface area contributed by atoms with Crippen LogP contribution in [0.3, 0.4) is 0 Å². The summed E-state index contributed by atoms with van der Waals surface area (Å²) in [6.07, 6.45) is 5.07. The van der Waals surface area contributed by atoms with Crippen molar-refractivity contribution in [1.29, 1.82) is 0 Å². The summed E-state index contributed by atoms with van der Waals surface area (Å²) in [6.45, 7) is 9.02. The molecule has 1 heterocycles. The molecule has 21 heavy (non-hydrogen) atoms. The minimum atomic E-state index is 0.398. The molecule has 1 aromatic rings. The first kappa shape index (κ1) is 15.8. The van der Waals surface area contributed by atoms with E-state index < -0.39 is 0 Å². The van der Waals surface area contributed by atoms with Crippen molar-refractivity contribution in [3.8, 4) is 0 Å². The van der Waals surface area contributed by atoms with E-state index in [0.29, 0.717) is 23.3 Å². The van der Waals surface area contributed by atoms with Gasteiger partial charge in [-0.05, 0) is 38.5 Å². The second-order valence-electron chi connectivity index (χ2n) is 5.70. The van der Waals surface area contributed by atoms with Crippen molar-refractivity contribution in [3.05, 3.63) is 0 Å². The Morgan fingerprint density at radius 2 is 1.76 bits per heavy atom. The summed E-state index contributed by atoms with van der Waals surface area (Å²) in [5.74, 6) is 7.12.